The number of aromatic amines is 2. The fraction of sp³-hybridized carbons (Fsp3) is 0.360. The van der Waals surface area contributed by atoms with E-state index in [0.717, 1.165) is 72.5 Å². The van der Waals surface area contributed by atoms with Crippen LogP contribution in [-0.4, -0.2) is 53.8 Å². The average molecular weight is 447 g/mol. The molecule has 0 saturated carbocycles. The van der Waals surface area contributed by atoms with Gasteiger partial charge in [-0.25, -0.2) is 4.98 Å². The van der Waals surface area contributed by atoms with Gasteiger partial charge >= 0.3 is 0 Å². The lowest BCUT2D eigenvalue weighted by atomic mass is 10.1. The summed E-state index contributed by atoms with van der Waals surface area (Å²) < 4.78 is 5.47. The number of rotatable bonds is 7. The number of H-pyrrole nitrogens is 2. The molecule has 1 atom stereocenters. The monoisotopic (exact) mass is 446 g/mol. The predicted molar refractivity (Wildman–Crippen MR) is 134 cm³/mol. The van der Waals surface area contributed by atoms with Crippen LogP contribution < -0.4 is 21.5 Å². The van der Waals surface area contributed by atoms with Crippen LogP contribution in [0.25, 0.3) is 33.3 Å². The molecule has 172 valence electrons. The first-order valence-electron chi connectivity index (χ1n) is 11.6. The summed E-state index contributed by atoms with van der Waals surface area (Å²) in [6.07, 6.45) is 1.93. The second-order valence-corrected chi connectivity index (χ2v) is 8.57. The summed E-state index contributed by atoms with van der Waals surface area (Å²) >= 11 is 0. The third-order valence-corrected chi connectivity index (χ3v) is 6.20. The molecule has 0 spiro atoms. The summed E-state index contributed by atoms with van der Waals surface area (Å²) in [6.45, 7) is 5.89. The summed E-state index contributed by atoms with van der Waals surface area (Å²) in [7, 11) is 0. The third kappa shape index (κ3) is 4.31. The number of nitrogens with one attached hydrogen (secondary N) is 3. The maximum Gasteiger partial charge on any atom is 0.261 e. The van der Waals surface area contributed by atoms with Crippen molar-refractivity contribution >= 4 is 33.3 Å². The Kier molecular flexibility index (Phi) is 6.02. The molecule has 0 unspecified atom stereocenters. The molecule has 4 aromatic rings. The summed E-state index contributed by atoms with van der Waals surface area (Å²) in [6, 6.07) is 14.0. The molecule has 0 bridgehead atoms. The Bertz CT molecular complexity index is 1320. The second kappa shape index (κ2) is 9.25. The van der Waals surface area contributed by atoms with Gasteiger partial charge in [0.15, 0.2) is 0 Å². The Morgan fingerprint density at radius 1 is 1.15 bits per heavy atom. The molecule has 8 nitrogen and oxygen atoms in total. The van der Waals surface area contributed by atoms with Crippen LogP contribution in [0.4, 0.5) is 11.4 Å². The molecule has 0 radical (unpaired) electrons. The zero-order chi connectivity index (χ0) is 22.8. The third-order valence-electron chi connectivity index (χ3n) is 6.20. The maximum absolute atomic E-state index is 13.2. The standard InChI is InChI=1S/C25H30N6O2/c1-2-5-16(26)15-27-23-18-6-3-4-7-19(18)30-25(32)22(23)24-28-20-9-8-17(14-21(20)29-24)31-10-12-33-13-11-31/h3-4,6-9,14,16H,2,5,10-13,15,26H2,1H3,(H,28,29)(H2,27,30,32)/t16-/m0/s1. The number of hydrogen-bond acceptors (Lipinski definition) is 6. The summed E-state index contributed by atoms with van der Waals surface area (Å²) in [5.74, 6) is 0.544. The molecule has 8 heteroatoms. The zero-order valence-corrected chi connectivity index (χ0v) is 18.9. The number of nitrogens with zero attached hydrogens (tertiary/aromatic N) is 2. The Balaban J connectivity index is 1.58. The molecular weight excluding hydrogens is 416 g/mol. The molecule has 0 amide bonds. The van der Waals surface area contributed by atoms with Crippen molar-refractivity contribution in [2.75, 3.05) is 43.1 Å². The molecule has 5 rings (SSSR count). The minimum absolute atomic E-state index is 0.00709. The zero-order valence-electron chi connectivity index (χ0n) is 18.9. The average Bonchev–Trinajstić information content (AvgIpc) is 3.25. The Hall–Kier alpha value is -3.36. The van der Waals surface area contributed by atoms with Crippen LogP contribution in [0, 0.1) is 0 Å². The number of aromatic nitrogens is 3. The topological polar surface area (TPSA) is 112 Å². The van der Waals surface area contributed by atoms with E-state index in [-0.39, 0.29) is 11.6 Å². The number of para-hydroxylation sites is 1. The van der Waals surface area contributed by atoms with Crippen molar-refractivity contribution < 1.29 is 4.74 Å². The highest BCUT2D eigenvalue weighted by molar-refractivity contribution is 5.99. The summed E-state index contributed by atoms with van der Waals surface area (Å²) in [5.41, 5.74) is 11.0. The molecular formula is C25H30N6O2. The van der Waals surface area contributed by atoms with E-state index < -0.39 is 0 Å². The van der Waals surface area contributed by atoms with Gasteiger partial charge in [0.05, 0.1) is 35.5 Å². The van der Waals surface area contributed by atoms with E-state index >= 15 is 0 Å². The van der Waals surface area contributed by atoms with Crippen molar-refractivity contribution in [2.45, 2.75) is 25.8 Å². The maximum atomic E-state index is 13.2. The molecule has 5 N–H and O–H groups in total. The Morgan fingerprint density at radius 3 is 2.79 bits per heavy atom. The van der Waals surface area contributed by atoms with Crippen LogP contribution in [-0.2, 0) is 4.74 Å². The molecule has 33 heavy (non-hydrogen) atoms. The van der Waals surface area contributed by atoms with Gasteiger partial charge in [0, 0.05) is 36.7 Å². The van der Waals surface area contributed by atoms with E-state index in [0.29, 0.717) is 17.9 Å². The van der Waals surface area contributed by atoms with E-state index in [4.69, 9.17) is 15.5 Å². The first kappa shape index (κ1) is 21.5. The molecule has 1 saturated heterocycles. The molecule has 0 aliphatic carbocycles. The van der Waals surface area contributed by atoms with Gasteiger partial charge in [-0.15, -0.1) is 0 Å². The normalized spacial score (nSPS) is 15.3. The smallest absolute Gasteiger partial charge is 0.261 e. The Labute approximate surface area is 192 Å². The van der Waals surface area contributed by atoms with Gasteiger partial charge in [0.1, 0.15) is 11.4 Å². The van der Waals surface area contributed by atoms with Crippen molar-refractivity contribution in [1.29, 1.82) is 0 Å². The van der Waals surface area contributed by atoms with Crippen molar-refractivity contribution in [1.82, 2.24) is 15.0 Å². The van der Waals surface area contributed by atoms with Gasteiger partial charge in [-0.1, -0.05) is 31.5 Å². The predicted octanol–water partition coefficient (Wildman–Crippen LogP) is 3.45. The van der Waals surface area contributed by atoms with Crippen LogP contribution >= 0.6 is 0 Å². The summed E-state index contributed by atoms with van der Waals surface area (Å²) in [5, 5.41) is 4.40. The first-order valence-corrected chi connectivity index (χ1v) is 11.6. The molecule has 1 aliphatic rings. The van der Waals surface area contributed by atoms with E-state index in [1.54, 1.807) is 0 Å². The van der Waals surface area contributed by atoms with E-state index in [1.165, 1.54) is 0 Å². The number of hydrogen-bond donors (Lipinski definition) is 4. The van der Waals surface area contributed by atoms with Gasteiger partial charge in [-0.2, -0.15) is 0 Å². The number of pyridine rings is 1. The van der Waals surface area contributed by atoms with E-state index in [1.807, 2.05) is 30.3 Å². The Morgan fingerprint density at radius 2 is 1.97 bits per heavy atom. The number of morpholine rings is 1. The largest absolute Gasteiger partial charge is 0.382 e. The van der Waals surface area contributed by atoms with Crippen LogP contribution in [0.3, 0.4) is 0 Å². The first-order chi connectivity index (χ1) is 16.1. The lowest BCUT2D eigenvalue weighted by Gasteiger charge is -2.28. The molecule has 3 heterocycles. The second-order valence-electron chi connectivity index (χ2n) is 8.57. The van der Waals surface area contributed by atoms with Crippen LogP contribution in [0.15, 0.2) is 47.3 Å². The van der Waals surface area contributed by atoms with Gasteiger partial charge < -0.3 is 30.7 Å². The number of benzene rings is 2. The van der Waals surface area contributed by atoms with Crippen molar-refractivity contribution in [2.24, 2.45) is 5.73 Å². The molecule has 2 aromatic carbocycles. The van der Waals surface area contributed by atoms with E-state index in [9.17, 15) is 4.79 Å². The van der Waals surface area contributed by atoms with Gasteiger partial charge in [-0.05, 0) is 30.7 Å². The van der Waals surface area contributed by atoms with Crippen molar-refractivity contribution in [3.8, 4) is 11.4 Å². The van der Waals surface area contributed by atoms with Crippen LogP contribution in [0.2, 0.25) is 0 Å². The molecule has 2 aromatic heterocycles. The lowest BCUT2D eigenvalue weighted by Crippen LogP contribution is -2.36. The fourth-order valence-corrected chi connectivity index (χ4v) is 4.49. The summed E-state index contributed by atoms with van der Waals surface area (Å²) in [4.78, 5) is 26.7. The highest BCUT2D eigenvalue weighted by Crippen LogP contribution is 2.31. The lowest BCUT2D eigenvalue weighted by molar-refractivity contribution is 0.122. The number of nitrogens with two attached hydrogens (primary N) is 1. The minimum atomic E-state index is -0.187. The number of ether oxygens (including phenoxy) is 1. The highest BCUT2D eigenvalue weighted by atomic mass is 16.5. The van der Waals surface area contributed by atoms with Crippen LogP contribution in [0.5, 0.6) is 0 Å². The van der Waals surface area contributed by atoms with E-state index in [2.05, 4.69) is 39.2 Å². The number of fused-ring (bicyclic) bond motifs is 2. The SMILES string of the molecule is CCC[C@H](N)CNc1c(-c2nc3ccc(N4CCOCC4)cc3[nH]2)c(=O)[nH]c2ccccc12. The number of anilines is 2. The molecule has 1 fully saturated rings. The number of imidazole rings is 1. The minimum Gasteiger partial charge on any atom is -0.382 e. The molecule has 1 aliphatic heterocycles. The fourth-order valence-electron chi connectivity index (χ4n) is 4.49. The van der Waals surface area contributed by atoms with Gasteiger partial charge in [0.25, 0.3) is 5.56 Å². The van der Waals surface area contributed by atoms with Gasteiger partial charge in [-0.3, -0.25) is 4.79 Å². The van der Waals surface area contributed by atoms with Crippen molar-refractivity contribution in [3.63, 3.8) is 0 Å². The van der Waals surface area contributed by atoms with Gasteiger partial charge in [0.2, 0.25) is 0 Å². The highest BCUT2D eigenvalue weighted by Gasteiger charge is 2.19. The van der Waals surface area contributed by atoms with Crippen LogP contribution in [0.1, 0.15) is 19.8 Å². The quantitative estimate of drug-likeness (QED) is 0.346. The van der Waals surface area contributed by atoms with Crippen molar-refractivity contribution in [3.05, 3.63) is 52.8 Å².